The first kappa shape index (κ1) is 12.5. The Morgan fingerprint density at radius 1 is 1.38 bits per heavy atom. The summed E-state index contributed by atoms with van der Waals surface area (Å²) in [5.41, 5.74) is 4.71. The van der Waals surface area contributed by atoms with E-state index in [2.05, 4.69) is 5.32 Å². The van der Waals surface area contributed by atoms with Crippen molar-refractivity contribution in [1.29, 1.82) is 0 Å². The maximum Gasteiger partial charge on any atom is 0.254 e. The number of hydrogen-bond acceptors (Lipinski definition) is 2. The van der Waals surface area contributed by atoms with Gasteiger partial charge in [-0.25, -0.2) is 13.2 Å². The molecule has 3 N–H and O–H groups in total. The molecule has 1 rings (SSSR count). The molecule has 0 heterocycles. The lowest BCUT2D eigenvalue weighted by molar-refractivity contribution is 0.0936. The van der Waals surface area contributed by atoms with Gasteiger partial charge in [-0.1, -0.05) is 0 Å². The molecule has 0 bridgehead atoms. The zero-order valence-corrected chi connectivity index (χ0v) is 8.56. The lowest BCUT2D eigenvalue weighted by Crippen LogP contribution is -2.38. The first-order chi connectivity index (χ1) is 7.47. The molecule has 0 spiro atoms. The average Bonchev–Trinajstić information content (AvgIpc) is 2.25. The van der Waals surface area contributed by atoms with E-state index in [1.54, 1.807) is 6.92 Å². The predicted octanol–water partition coefficient (Wildman–Crippen LogP) is 1.18. The summed E-state index contributed by atoms with van der Waals surface area (Å²) < 4.78 is 38.6. The largest absolute Gasteiger partial charge is 0.348 e. The molecular weight excluding hydrogens is 221 g/mol. The second-order valence-electron chi connectivity index (χ2n) is 3.33. The van der Waals surface area contributed by atoms with Crippen molar-refractivity contribution in [3.05, 3.63) is 35.1 Å². The number of amides is 1. The fourth-order valence-corrected chi connectivity index (χ4v) is 1.06. The number of halogens is 3. The van der Waals surface area contributed by atoms with Crippen LogP contribution >= 0.6 is 0 Å². The molecule has 0 radical (unpaired) electrons. The standard InChI is InChI=1S/C10H11F3N2O/c1-5(4-14)15-10(16)6-2-3-7(11)9(13)8(6)12/h2-3,5H,4,14H2,1H3,(H,15,16)/t5-/m1/s1. The molecule has 0 aliphatic rings. The quantitative estimate of drug-likeness (QED) is 0.769. The van der Waals surface area contributed by atoms with Crippen LogP contribution in [0.4, 0.5) is 13.2 Å². The van der Waals surface area contributed by atoms with Gasteiger partial charge in [0, 0.05) is 12.6 Å². The highest BCUT2D eigenvalue weighted by Gasteiger charge is 2.19. The molecule has 6 heteroatoms. The Morgan fingerprint density at radius 3 is 2.56 bits per heavy atom. The molecule has 0 aliphatic carbocycles. The number of rotatable bonds is 3. The Hall–Kier alpha value is -1.56. The van der Waals surface area contributed by atoms with Crippen LogP contribution in [0.15, 0.2) is 12.1 Å². The minimum atomic E-state index is -1.66. The molecule has 0 aliphatic heterocycles. The molecule has 0 saturated carbocycles. The number of benzene rings is 1. The highest BCUT2D eigenvalue weighted by atomic mass is 19.2. The minimum Gasteiger partial charge on any atom is -0.348 e. The van der Waals surface area contributed by atoms with Crippen LogP contribution in [-0.2, 0) is 0 Å². The van der Waals surface area contributed by atoms with Gasteiger partial charge in [0.25, 0.3) is 5.91 Å². The summed E-state index contributed by atoms with van der Waals surface area (Å²) in [7, 11) is 0. The highest BCUT2D eigenvalue weighted by Crippen LogP contribution is 2.15. The van der Waals surface area contributed by atoms with Gasteiger partial charge in [-0.2, -0.15) is 0 Å². The number of nitrogens with one attached hydrogen (secondary N) is 1. The third-order valence-corrected chi connectivity index (χ3v) is 2.01. The summed E-state index contributed by atoms with van der Waals surface area (Å²) in [4.78, 5) is 11.4. The van der Waals surface area contributed by atoms with Crippen LogP contribution in [-0.4, -0.2) is 18.5 Å². The lowest BCUT2D eigenvalue weighted by Gasteiger charge is -2.11. The third kappa shape index (κ3) is 2.52. The van der Waals surface area contributed by atoms with Gasteiger partial charge >= 0.3 is 0 Å². The molecule has 3 nitrogen and oxygen atoms in total. The maximum absolute atomic E-state index is 13.2. The van der Waals surface area contributed by atoms with Crippen molar-refractivity contribution in [3.63, 3.8) is 0 Å². The summed E-state index contributed by atoms with van der Waals surface area (Å²) in [6.45, 7) is 1.77. The number of nitrogens with two attached hydrogens (primary N) is 1. The van der Waals surface area contributed by atoms with Crippen molar-refractivity contribution < 1.29 is 18.0 Å². The van der Waals surface area contributed by atoms with E-state index in [0.29, 0.717) is 6.07 Å². The van der Waals surface area contributed by atoms with Crippen molar-refractivity contribution in [1.82, 2.24) is 5.32 Å². The Labute approximate surface area is 90.4 Å². The normalized spacial score (nSPS) is 12.3. The van der Waals surface area contributed by atoms with Gasteiger partial charge in [0.15, 0.2) is 17.5 Å². The zero-order chi connectivity index (χ0) is 12.3. The van der Waals surface area contributed by atoms with E-state index >= 15 is 0 Å². The van der Waals surface area contributed by atoms with E-state index in [4.69, 9.17) is 5.73 Å². The molecule has 0 fully saturated rings. The van der Waals surface area contributed by atoms with Crippen LogP contribution < -0.4 is 11.1 Å². The second kappa shape index (κ2) is 4.98. The molecule has 0 aromatic heterocycles. The van der Waals surface area contributed by atoms with E-state index in [1.807, 2.05) is 0 Å². The fourth-order valence-electron chi connectivity index (χ4n) is 1.06. The van der Waals surface area contributed by atoms with Crippen LogP contribution in [0.2, 0.25) is 0 Å². The average molecular weight is 232 g/mol. The topological polar surface area (TPSA) is 55.1 Å². The highest BCUT2D eigenvalue weighted by molar-refractivity contribution is 5.94. The molecule has 1 aromatic carbocycles. The minimum absolute atomic E-state index is 0.164. The molecule has 1 atom stereocenters. The fraction of sp³-hybridized carbons (Fsp3) is 0.300. The van der Waals surface area contributed by atoms with E-state index in [0.717, 1.165) is 6.07 Å². The molecule has 1 amide bonds. The maximum atomic E-state index is 13.2. The molecule has 16 heavy (non-hydrogen) atoms. The number of carbonyl (C=O) groups is 1. The molecule has 0 unspecified atom stereocenters. The van der Waals surface area contributed by atoms with Crippen molar-refractivity contribution in [2.45, 2.75) is 13.0 Å². The summed E-state index contributed by atoms with van der Waals surface area (Å²) in [5, 5.41) is 2.34. The Bertz CT molecular complexity index is 409. The van der Waals surface area contributed by atoms with E-state index in [9.17, 15) is 18.0 Å². The van der Waals surface area contributed by atoms with Crippen LogP contribution in [0.25, 0.3) is 0 Å². The van der Waals surface area contributed by atoms with Gasteiger partial charge in [-0.15, -0.1) is 0 Å². The van der Waals surface area contributed by atoms with Gasteiger partial charge in [-0.05, 0) is 19.1 Å². The predicted molar refractivity (Wildman–Crippen MR) is 52.3 cm³/mol. The summed E-state index contributed by atoms with van der Waals surface area (Å²) >= 11 is 0. The number of hydrogen-bond donors (Lipinski definition) is 2. The van der Waals surface area contributed by atoms with Crippen LogP contribution in [0.3, 0.4) is 0 Å². The van der Waals surface area contributed by atoms with Gasteiger partial charge in [-0.3, -0.25) is 4.79 Å². The Kier molecular flexibility index (Phi) is 3.89. The second-order valence-corrected chi connectivity index (χ2v) is 3.33. The van der Waals surface area contributed by atoms with Crippen molar-refractivity contribution in [2.75, 3.05) is 6.54 Å². The first-order valence-corrected chi connectivity index (χ1v) is 4.61. The summed E-state index contributed by atoms with van der Waals surface area (Å²) in [6.07, 6.45) is 0. The van der Waals surface area contributed by atoms with Gasteiger partial charge in [0.1, 0.15) is 0 Å². The van der Waals surface area contributed by atoms with Crippen molar-refractivity contribution in [3.8, 4) is 0 Å². The van der Waals surface area contributed by atoms with E-state index in [1.165, 1.54) is 0 Å². The first-order valence-electron chi connectivity index (χ1n) is 4.61. The van der Waals surface area contributed by atoms with E-state index < -0.39 is 28.9 Å². The molecule has 1 aromatic rings. The Morgan fingerprint density at radius 2 is 2.00 bits per heavy atom. The van der Waals surface area contributed by atoms with Gasteiger partial charge in [0.05, 0.1) is 5.56 Å². The zero-order valence-electron chi connectivity index (χ0n) is 8.56. The molecule has 0 saturated heterocycles. The van der Waals surface area contributed by atoms with Crippen molar-refractivity contribution in [2.24, 2.45) is 5.73 Å². The van der Waals surface area contributed by atoms with E-state index in [-0.39, 0.29) is 12.6 Å². The lowest BCUT2D eigenvalue weighted by atomic mass is 10.1. The van der Waals surface area contributed by atoms with Crippen molar-refractivity contribution >= 4 is 5.91 Å². The molecular formula is C10H11F3N2O. The van der Waals surface area contributed by atoms with Crippen LogP contribution in [0, 0.1) is 17.5 Å². The molecule has 88 valence electrons. The number of carbonyl (C=O) groups excluding carboxylic acids is 1. The summed E-state index contributed by atoms with van der Waals surface area (Å²) in [5.74, 6) is -5.31. The van der Waals surface area contributed by atoms with Crippen LogP contribution in [0.5, 0.6) is 0 Å². The monoisotopic (exact) mass is 232 g/mol. The summed E-state index contributed by atoms with van der Waals surface area (Å²) in [6, 6.07) is 1.20. The van der Waals surface area contributed by atoms with Crippen LogP contribution in [0.1, 0.15) is 17.3 Å². The van der Waals surface area contributed by atoms with Gasteiger partial charge < -0.3 is 11.1 Å². The van der Waals surface area contributed by atoms with Gasteiger partial charge in [0.2, 0.25) is 0 Å². The SMILES string of the molecule is C[C@H](CN)NC(=O)c1ccc(F)c(F)c1F. The Balaban J connectivity index is 2.97. The third-order valence-electron chi connectivity index (χ3n) is 2.01. The smallest absolute Gasteiger partial charge is 0.254 e.